The number of aromatic nitrogens is 1. The lowest BCUT2D eigenvalue weighted by Crippen LogP contribution is -2.04. The van der Waals surface area contributed by atoms with Crippen molar-refractivity contribution in [3.63, 3.8) is 0 Å². The van der Waals surface area contributed by atoms with E-state index in [1.54, 1.807) is 38.1 Å². The summed E-state index contributed by atoms with van der Waals surface area (Å²) in [5, 5.41) is 14.3. The summed E-state index contributed by atoms with van der Waals surface area (Å²) in [5.74, 6) is 0.978. The molecule has 6 nitrogen and oxygen atoms in total. The number of nitrogens with zero attached hydrogens (tertiary/aromatic N) is 2. The van der Waals surface area contributed by atoms with Crippen LogP contribution in [0.2, 0.25) is 0 Å². The average Bonchev–Trinajstić information content (AvgIpc) is 2.47. The van der Waals surface area contributed by atoms with Gasteiger partial charge in [0.05, 0.1) is 17.2 Å². The van der Waals surface area contributed by atoms with Crippen molar-refractivity contribution >= 4 is 33.1 Å². The molecular formula is C15H16BrN3O3. The van der Waals surface area contributed by atoms with E-state index in [9.17, 15) is 10.1 Å². The smallest absolute Gasteiger partial charge is 0.315 e. The number of halogens is 1. The van der Waals surface area contributed by atoms with Gasteiger partial charge in [-0.2, -0.15) is 0 Å². The van der Waals surface area contributed by atoms with Gasteiger partial charge in [0.1, 0.15) is 5.75 Å². The van der Waals surface area contributed by atoms with Crippen LogP contribution in [0.25, 0.3) is 0 Å². The van der Waals surface area contributed by atoms with E-state index in [1.807, 2.05) is 6.92 Å². The van der Waals surface area contributed by atoms with Crippen molar-refractivity contribution in [2.45, 2.75) is 20.8 Å². The molecule has 0 aliphatic carbocycles. The molecule has 0 saturated carbocycles. The van der Waals surface area contributed by atoms with Gasteiger partial charge in [-0.05, 0) is 61.0 Å². The molecule has 0 bridgehead atoms. The van der Waals surface area contributed by atoms with Crippen molar-refractivity contribution < 1.29 is 9.66 Å². The number of nitrogens with one attached hydrogen (secondary N) is 1. The van der Waals surface area contributed by atoms with Gasteiger partial charge in [0.25, 0.3) is 0 Å². The summed E-state index contributed by atoms with van der Waals surface area (Å²) in [4.78, 5) is 15.2. The number of nitro groups is 1. The Bertz CT molecular complexity index is 702. The van der Waals surface area contributed by atoms with Crippen LogP contribution in [0, 0.1) is 24.0 Å². The summed E-state index contributed by atoms with van der Waals surface area (Å²) in [5.41, 5.74) is 1.91. The van der Waals surface area contributed by atoms with Crippen LogP contribution in [-0.4, -0.2) is 16.5 Å². The maximum absolute atomic E-state index is 11.3. The van der Waals surface area contributed by atoms with Crippen LogP contribution >= 0.6 is 15.9 Å². The lowest BCUT2D eigenvalue weighted by atomic mass is 10.2. The fourth-order valence-electron chi connectivity index (χ4n) is 2.07. The Kier molecular flexibility index (Phi) is 4.97. The summed E-state index contributed by atoms with van der Waals surface area (Å²) in [6, 6.07) is 7.19. The zero-order chi connectivity index (χ0) is 16.3. The predicted octanol–water partition coefficient (Wildman–Crippen LogP) is 4.51. The van der Waals surface area contributed by atoms with Gasteiger partial charge in [0.15, 0.2) is 0 Å². The maximum Gasteiger partial charge on any atom is 0.315 e. The van der Waals surface area contributed by atoms with E-state index in [-0.39, 0.29) is 11.5 Å². The molecule has 0 atom stereocenters. The SMILES string of the molecule is CCOc1ccc(Nc2nc(C)c(Br)c(C)c2[N+](=O)[O-])cc1. The average molecular weight is 366 g/mol. The van der Waals surface area contributed by atoms with Crippen molar-refractivity contribution in [2.24, 2.45) is 0 Å². The monoisotopic (exact) mass is 365 g/mol. The number of aryl methyl sites for hydroxylation is 1. The number of ether oxygens (including phenoxy) is 1. The molecule has 0 aliphatic heterocycles. The Morgan fingerprint density at radius 2 is 1.95 bits per heavy atom. The molecule has 1 heterocycles. The van der Waals surface area contributed by atoms with Crippen molar-refractivity contribution in [3.8, 4) is 5.75 Å². The highest BCUT2D eigenvalue weighted by Gasteiger charge is 2.23. The molecule has 0 aliphatic rings. The molecule has 7 heteroatoms. The molecule has 0 unspecified atom stereocenters. The molecule has 0 saturated heterocycles. The second-order valence-corrected chi connectivity index (χ2v) is 5.47. The van der Waals surface area contributed by atoms with Gasteiger partial charge in [-0.1, -0.05) is 0 Å². The van der Waals surface area contributed by atoms with E-state index in [0.29, 0.717) is 28.0 Å². The van der Waals surface area contributed by atoms with Crippen LogP contribution in [-0.2, 0) is 0 Å². The van der Waals surface area contributed by atoms with E-state index in [0.717, 1.165) is 5.75 Å². The molecule has 1 aromatic carbocycles. The summed E-state index contributed by atoms with van der Waals surface area (Å²) >= 11 is 3.33. The van der Waals surface area contributed by atoms with Gasteiger partial charge in [-0.3, -0.25) is 10.1 Å². The van der Waals surface area contributed by atoms with Gasteiger partial charge in [0.2, 0.25) is 5.82 Å². The van der Waals surface area contributed by atoms with E-state index in [1.165, 1.54) is 0 Å². The zero-order valence-electron chi connectivity index (χ0n) is 12.5. The van der Waals surface area contributed by atoms with E-state index >= 15 is 0 Å². The lowest BCUT2D eigenvalue weighted by Gasteiger charge is -2.11. The lowest BCUT2D eigenvalue weighted by molar-refractivity contribution is -0.384. The second-order valence-electron chi connectivity index (χ2n) is 4.67. The molecule has 22 heavy (non-hydrogen) atoms. The minimum atomic E-state index is -0.427. The van der Waals surface area contributed by atoms with Crippen LogP contribution in [0.3, 0.4) is 0 Å². The first-order valence-corrected chi connectivity index (χ1v) is 7.54. The zero-order valence-corrected chi connectivity index (χ0v) is 14.1. The highest BCUT2D eigenvalue weighted by molar-refractivity contribution is 9.10. The van der Waals surface area contributed by atoms with Gasteiger partial charge in [0, 0.05) is 15.7 Å². The Morgan fingerprint density at radius 1 is 1.32 bits per heavy atom. The van der Waals surface area contributed by atoms with Crippen LogP contribution in [0.15, 0.2) is 28.7 Å². The molecule has 0 spiro atoms. The second kappa shape index (κ2) is 6.74. The van der Waals surface area contributed by atoms with Crippen LogP contribution in [0.4, 0.5) is 17.2 Å². The predicted molar refractivity (Wildman–Crippen MR) is 89.0 cm³/mol. The van der Waals surface area contributed by atoms with Crippen LogP contribution in [0.5, 0.6) is 5.75 Å². The van der Waals surface area contributed by atoms with Crippen molar-refractivity contribution in [2.75, 3.05) is 11.9 Å². The third-order valence-corrected chi connectivity index (χ3v) is 4.29. The Labute approximate surface area is 136 Å². The standard InChI is InChI=1S/C15H16BrN3O3/c1-4-22-12-7-5-11(6-8-12)18-15-14(19(20)21)9(2)13(16)10(3)17-15/h5-8H,4H2,1-3H3,(H,17,18). The highest BCUT2D eigenvalue weighted by atomic mass is 79.9. The molecule has 1 N–H and O–H groups in total. The first-order valence-electron chi connectivity index (χ1n) is 6.75. The van der Waals surface area contributed by atoms with Crippen LogP contribution in [0.1, 0.15) is 18.2 Å². The number of anilines is 2. The van der Waals surface area contributed by atoms with E-state index in [4.69, 9.17) is 4.74 Å². The fraction of sp³-hybridized carbons (Fsp3) is 0.267. The molecule has 2 rings (SSSR count). The highest BCUT2D eigenvalue weighted by Crippen LogP contribution is 2.35. The van der Waals surface area contributed by atoms with Crippen molar-refractivity contribution in [3.05, 3.63) is 50.1 Å². The molecule has 0 amide bonds. The number of hydrogen-bond donors (Lipinski definition) is 1. The maximum atomic E-state index is 11.3. The van der Waals surface area contributed by atoms with Gasteiger partial charge >= 0.3 is 5.69 Å². The molecule has 0 fully saturated rings. The topological polar surface area (TPSA) is 77.3 Å². The molecule has 116 valence electrons. The normalized spacial score (nSPS) is 10.4. The first kappa shape index (κ1) is 16.2. The Hall–Kier alpha value is -2.15. The molecule has 0 radical (unpaired) electrons. The third kappa shape index (κ3) is 3.36. The van der Waals surface area contributed by atoms with Gasteiger partial charge in [-0.15, -0.1) is 0 Å². The third-order valence-electron chi connectivity index (χ3n) is 3.12. The van der Waals surface area contributed by atoms with Gasteiger partial charge in [-0.25, -0.2) is 4.98 Å². The number of benzene rings is 1. The van der Waals surface area contributed by atoms with E-state index in [2.05, 4.69) is 26.2 Å². The summed E-state index contributed by atoms with van der Waals surface area (Å²) < 4.78 is 6.02. The Morgan fingerprint density at radius 3 is 2.50 bits per heavy atom. The largest absolute Gasteiger partial charge is 0.494 e. The first-order chi connectivity index (χ1) is 10.4. The summed E-state index contributed by atoms with van der Waals surface area (Å²) in [6.07, 6.45) is 0. The molecule has 1 aromatic heterocycles. The minimum absolute atomic E-state index is 0.0358. The quantitative estimate of drug-likeness (QED) is 0.622. The van der Waals surface area contributed by atoms with Crippen molar-refractivity contribution in [1.82, 2.24) is 4.98 Å². The Balaban J connectivity index is 2.38. The van der Waals surface area contributed by atoms with Gasteiger partial charge < -0.3 is 10.1 Å². The fourth-order valence-corrected chi connectivity index (χ4v) is 2.35. The summed E-state index contributed by atoms with van der Waals surface area (Å²) in [6.45, 7) is 5.99. The number of rotatable bonds is 5. The van der Waals surface area contributed by atoms with Crippen LogP contribution < -0.4 is 10.1 Å². The number of pyridine rings is 1. The van der Waals surface area contributed by atoms with E-state index < -0.39 is 4.92 Å². The molecular weight excluding hydrogens is 350 g/mol. The summed E-state index contributed by atoms with van der Waals surface area (Å²) in [7, 11) is 0. The minimum Gasteiger partial charge on any atom is -0.494 e. The molecule has 2 aromatic rings. The van der Waals surface area contributed by atoms with Crippen molar-refractivity contribution in [1.29, 1.82) is 0 Å². The number of hydrogen-bond acceptors (Lipinski definition) is 5.